The van der Waals surface area contributed by atoms with Crippen LogP contribution >= 0.6 is 11.8 Å². The van der Waals surface area contributed by atoms with Gasteiger partial charge >= 0.3 is 0 Å². The molecule has 0 spiro atoms. The minimum Gasteiger partial charge on any atom is -0.370 e. The van der Waals surface area contributed by atoms with Crippen LogP contribution in [0.4, 0.5) is 11.8 Å². The number of nitrogens with two attached hydrogens (primary N) is 1. The van der Waals surface area contributed by atoms with Crippen molar-refractivity contribution in [2.45, 2.75) is 23.8 Å². The number of nitrogens with one attached hydrogen (secondary N) is 1. The second-order valence-corrected chi connectivity index (χ2v) is 4.91. The molecule has 2 aromatic rings. The predicted octanol–water partition coefficient (Wildman–Crippen LogP) is 2.95. The van der Waals surface area contributed by atoms with Crippen LogP contribution in [0.15, 0.2) is 40.3 Å². The predicted molar refractivity (Wildman–Crippen MR) is 75.9 cm³/mol. The molecule has 0 aliphatic heterocycles. The van der Waals surface area contributed by atoms with Crippen LogP contribution in [0.2, 0.25) is 0 Å². The summed E-state index contributed by atoms with van der Waals surface area (Å²) in [5, 5.41) is 4.00. The smallest absolute Gasteiger partial charge is 0.223 e. The van der Waals surface area contributed by atoms with E-state index in [1.165, 1.54) is 10.5 Å². The maximum atomic E-state index is 5.71. The summed E-state index contributed by atoms with van der Waals surface area (Å²) in [7, 11) is 0. The lowest BCUT2D eigenvalue weighted by atomic mass is 10.2. The molecular weight excluding hydrogens is 244 g/mol. The van der Waals surface area contributed by atoms with E-state index < -0.39 is 0 Å². The SMILES string of the molecule is CCNc1cc(Sc2ccccc2C)nc(N)n1. The monoisotopic (exact) mass is 260 g/mol. The van der Waals surface area contributed by atoms with Gasteiger partial charge in [-0.15, -0.1) is 0 Å². The molecule has 0 radical (unpaired) electrons. The summed E-state index contributed by atoms with van der Waals surface area (Å²) in [5.41, 5.74) is 6.93. The zero-order valence-electron chi connectivity index (χ0n) is 10.5. The Kier molecular flexibility index (Phi) is 4.04. The second-order valence-electron chi connectivity index (χ2n) is 3.85. The minimum absolute atomic E-state index is 0.296. The summed E-state index contributed by atoms with van der Waals surface area (Å²) in [6.07, 6.45) is 0. The molecule has 94 valence electrons. The average Bonchev–Trinajstić information content (AvgIpc) is 2.32. The third-order valence-corrected chi connectivity index (χ3v) is 3.48. The van der Waals surface area contributed by atoms with Crippen molar-refractivity contribution in [1.82, 2.24) is 9.97 Å². The number of nitrogen functional groups attached to an aromatic ring is 1. The maximum Gasteiger partial charge on any atom is 0.223 e. The van der Waals surface area contributed by atoms with Gasteiger partial charge < -0.3 is 11.1 Å². The fraction of sp³-hybridized carbons (Fsp3) is 0.231. The van der Waals surface area contributed by atoms with Crippen LogP contribution in [0.1, 0.15) is 12.5 Å². The Morgan fingerprint density at radius 1 is 1.28 bits per heavy atom. The van der Waals surface area contributed by atoms with Crippen molar-refractivity contribution < 1.29 is 0 Å². The number of hydrogen-bond acceptors (Lipinski definition) is 5. The quantitative estimate of drug-likeness (QED) is 0.827. The van der Waals surface area contributed by atoms with Gasteiger partial charge in [-0.3, -0.25) is 0 Å². The second kappa shape index (κ2) is 5.73. The van der Waals surface area contributed by atoms with Gasteiger partial charge in [0.2, 0.25) is 5.95 Å². The number of anilines is 2. The molecule has 1 aromatic heterocycles. The Balaban J connectivity index is 2.26. The highest BCUT2D eigenvalue weighted by atomic mass is 32.2. The molecule has 1 aromatic carbocycles. The minimum atomic E-state index is 0.296. The van der Waals surface area contributed by atoms with Crippen molar-refractivity contribution in [3.63, 3.8) is 0 Å². The summed E-state index contributed by atoms with van der Waals surface area (Å²) in [6, 6.07) is 10.1. The fourth-order valence-corrected chi connectivity index (χ4v) is 2.46. The molecule has 4 nitrogen and oxygen atoms in total. The van der Waals surface area contributed by atoms with Crippen LogP contribution in [0, 0.1) is 6.92 Å². The molecule has 2 rings (SSSR count). The molecular formula is C13H16N4S. The lowest BCUT2D eigenvalue weighted by molar-refractivity contribution is 1.04. The van der Waals surface area contributed by atoms with Crippen molar-refractivity contribution in [3.8, 4) is 0 Å². The van der Waals surface area contributed by atoms with Crippen LogP contribution in [-0.4, -0.2) is 16.5 Å². The van der Waals surface area contributed by atoms with Crippen LogP contribution < -0.4 is 11.1 Å². The van der Waals surface area contributed by atoms with Gasteiger partial charge in [-0.1, -0.05) is 30.0 Å². The van der Waals surface area contributed by atoms with Crippen molar-refractivity contribution >= 4 is 23.5 Å². The van der Waals surface area contributed by atoms with Crippen molar-refractivity contribution in [2.75, 3.05) is 17.6 Å². The first-order valence-corrected chi connectivity index (χ1v) is 6.62. The summed E-state index contributed by atoms with van der Waals surface area (Å²) >= 11 is 1.60. The van der Waals surface area contributed by atoms with Crippen molar-refractivity contribution in [1.29, 1.82) is 0 Å². The average molecular weight is 260 g/mol. The molecule has 5 heteroatoms. The van der Waals surface area contributed by atoms with E-state index >= 15 is 0 Å². The van der Waals surface area contributed by atoms with Crippen LogP contribution in [-0.2, 0) is 0 Å². The fourth-order valence-electron chi connectivity index (χ4n) is 1.55. The lowest BCUT2D eigenvalue weighted by Crippen LogP contribution is -2.03. The highest BCUT2D eigenvalue weighted by Gasteiger charge is 2.05. The molecule has 3 N–H and O–H groups in total. The first kappa shape index (κ1) is 12.7. The van der Waals surface area contributed by atoms with Crippen LogP contribution in [0.3, 0.4) is 0 Å². The van der Waals surface area contributed by atoms with E-state index in [4.69, 9.17) is 5.73 Å². The first-order valence-electron chi connectivity index (χ1n) is 5.81. The van der Waals surface area contributed by atoms with Gasteiger partial charge in [0, 0.05) is 17.5 Å². The van der Waals surface area contributed by atoms with E-state index in [0.29, 0.717) is 5.95 Å². The molecule has 1 heterocycles. The number of aromatic nitrogens is 2. The Labute approximate surface area is 111 Å². The molecule has 0 bridgehead atoms. The summed E-state index contributed by atoms with van der Waals surface area (Å²) in [5.74, 6) is 1.06. The zero-order valence-corrected chi connectivity index (χ0v) is 11.3. The summed E-state index contributed by atoms with van der Waals surface area (Å²) < 4.78 is 0. The largest absolute Gasteiger partial charge is 0.370 e. The lowest BCUT2D eigenvalue weighted by Gasteiger charge is -2.07. The highest BCUT2D eigenvalue weighted by molar-refractivity contribution is 7.99. The van der Waals surface area contributed by atoms with E-state index in [-0.39, 0.29) is 0 Å². The number of rotatable bonds is 4. The number of benzene rings is 1. The molecule has 0 aliphatic carbocycles. The maximum absolute atomic E-state index is 5.71. The Bertz CT molecular complexity index is 542. The van der Waals surface area contributed by atoms with Gasteiger partial charge in [0.25, 0.3) is 0 Å². The topological polar surface area (TPSA) is 63.8 Å². The third kappa shape index (κ3) is 3.13. The number of hydrogen-bond donors (Lipinski definition) is 2. The molecule has 0 unspecified atom stereocenters. The molecule has 0 aliphatic rings. The van der Waals surface area contributed by atoms with Gasteiger partial charge in [-0.05, 0) is 25.5 Å². The molecule has 0 saturated carbocycles. The van der Waals surface area contributed by atoms with Gasteiger partial charge in [0.15, 0.2) is 0 Å². The molecule has 0 amide bonds. The van der Waals surface area contributed by atoms with Gasteiger partial charge in [-0.2, -0.15) is 4.98 Å². The molecule has 18 heavy (non-hydrogen) atoms. The standard InChI is InChI=1S/C13H16N4S/c1-3-15-11-8-12(17-13(14)16-11)18-10-7-5-4-6-9(10)2/h4-8H,3H2,1-2H3,(H3,14,15,16,17). The van der Waals surface area contributed by atoms with Crippen LogP contribution in [0.25, 0.3) is 0 Å². The van der Waals surface area contributed by atoms with E-state index in [2.05, 4.69) is 34.3 Å². The van der Waals surface area contributed by atoms with Gasteiger partial charge in [-0.25, -0.2) is 4.98 Å². The van der Waals surface area contributed by atoms with E-state index in [1.54, 1.807) is 11.8 Å². The Morgan fingerprint density at radius 3 is 2.78 bits per heavy atom. The molecule has 0 atom stereocenters. The highest BCUT2D eigenvalue weighted by Crippen LogP contribution is 2.30. The van der Waals surface area contributed by atoms with E-state index in [9.17, 15) is 0 Å². The van der Waals surface area contributed by atoms with Gasteiger partial charge in [0.05, 0.1) is 0 Å². The molecule has 0 fully saturated rings. The van der Waals surface area contributed by atoms with Crippen molar-refractivity contribution in [3.05, 3.63) is 35.9 Å². The van der Waals surface area contributed by atoms with Crippen LogP contribution in [0.5, 0.6) is 0 Å². The normalized spacial score (nSPS) is 10.3. The number of aryl methyl sites for hydroxylation is 1. The molecule has 0 saturated heterocycles. The van der Waals surface area contributed by atoms with Gasteiger partial charge in [0.1, 0.15) is 10.8 Å². The number of nitrogens with zero attached hydrogens (tertiary/aromatic N) is 2. The third-order valence-electron chi connectivity index (χ3n) is 2.39. The van der Waals surface area contributed by atoms with Crippen molar-refractivity contribution in [2.24, 2.45) is 0 Å². The summed E-state index contributed by atoms with van der Waals surface area (Å²) in [6.45, 7) is 4.91. The zero-order chi connectivity index (χ0) is 13.0. The van der Waals surface area contributed by atoms with E-state index in [1.807, 2.05) is 25.1 Å². The van der Waals surface area contributed by atoms with E-state index in [0.717, 1.165) is 17.4 Å². The summed E-state index contributed by atoms with van der Waals surface area (Å²) in [4.78, 5) is 9.55. The first-order chi connectivity index (χ1) is 8.69. The Morgan fingerprint density at radius 2 is 2.06 bits per heavy atom. The Hall–Kier alpha value is -1.75.